The van der Waals surface area contributed by atoms with Gasteiger partial charge in [0.15, 0.2) is 6.10 Å². The first-order chi connectivity index (χ1) is 39.5. The molecule has 6 heteroatoms. The van der Waals surface area contributed by atoms with E-state index in [-0.39, 0.29) is 31.1 Å². The SMILES string of the molecule is CC/C=C\C/C=C\C/C=C\C/C=C\C/C=C\C/C=C\C/C=C\C/C=C\C/C=C\C/C=C\CCCCCCC(=O)OCC(COC(=O)CCCCCCCCCCCCCC)OC(=O)CCCCCCCCCCCCCCCCC. The van der Waals surface area contributed by atoms with Gasteiger partial charge in [-0.25, -0.2) is 0 Å². The number of rotatable bonds is 60. The third-order valence-electron chi connectivity index (χ3n) is 14.2. The van der Waals surface area contributed by atoms with Crippen molar-refractivity contribution >= 4 is 17.9 Å². The molecule has 0 radical (unpaired) electrons. The molecule has 0 aromatic rings. The molecule has 0 aromatic heterocycles. The molecule has 0 spiro atoms. The van der Waals surface area contributed by atoms with Crippen molar-refractivity contribution in [2.45, 2.75) is 316 Å². The van der Waals surface area contributed by atoms with Crippen LogP contribution in [0.15, 0.2) is 122 Å². The fraction of sp³-hybridized carbons (Fsp3) is 0.689. The zero-order valence-corrected chi connectivity index (χ0v) is 52.3. The minimum Gasteiger partial charge on any atom is -0.462 e. The molecule has 1 atom stereocenters. The highest BCUT2D eigenvalue weighted by molar-refractivity contribution is 5.71. The van der Waals surface area contributed by atoms with Crippen molar-refractivity contribution in [1.29, 1.82) is 0 Å². The summed E-state index contributed by atoms with van der Waals surface area (Å²) in [7, 11) is 0. The number of carbonyl (C=O) groups is 3. The second-order valence-electron chi connectivity index (χ2n) is 22.0. The highest BCUT2D eigenvalue weighted by Crippen LogP contribution is 2.16. The van der Waals surface area contributed by atoms with Crippen molar-refractivity contribution in [3.63, 3.8) is 0 Å². The Hall–Kier alpha value is -4.19. The van der Waals surface area contributed by atoms with Crippen LogP contribution in [0.25, 0.3) is 0 Å². The molecule has 6 nitrogen and oxygen atoms in total. The Kier molecular flexibility index (Phi) is 63.8. The third kappa shape index (κ3) is 64.6. The minimum atomic E-state index is -0.787. The van der Waals surface area contributed by atoms with Crippen molar-refractivity contribution in [3.05, 3.63) is 122 Å². The van der Waals surface area contributed by atoms with Gasteiger partial charge in [0, 0.05) is 19.3 Å². The molecule has 0 aromatic carbocycles. The second kappa shape index (κ2) is 67.3. The third-order valence-corrected chi connectivity index (χ3v) is 14.2. The molecule has 0 N–H and O–H groups in total. The maximum atomic E-state index is 12.9. The summed E-state index contributed by atoms with van der Waals surface area (Å²) in [6.45, 7) is 6.53. The molecule has 0 fully saturated rings. The number of unbranched alkanes of at least 4 members (excludes halogenated alkanes) is 29. The summed E-state index contributed by atoms with van der Waals surface area (Å²) in [4.78, 5) is 38.3. The van der Waals surface area contributed by atoms with Crippen LogP contribution in [-0.4, -0.2) is 37.2 Å². The molecule has 1 unspecified atom stereocenters. The maximum Gasteiger partial charge on any atom is 0.306 e. The Morgan fingerprint density at radius 3 is 0.762 bits per heavy atom. The quantitative estimate of drug-likeness (QED) is 0.0261. The van der Waals surface area contributed by atoms with Crippen molar-refractivity contribution in [1.82, 2.24) is 0 Å². The number of allylic oxidation sites excluding steroid dienone is 20. The second-order valence-corrected chi connectivity index (χ2v) is 22.0. The molecule has 0 aliphatic heterocycles. The fourth-order valence-electron chi connectivity index (χ4n) is 9.24. The smallest absolute Gasteiger partial charge is 0.306 e. The zero-order chi connectivity index (χ0) is 57.8. The van der Waals surface area contributed by atoms with E-state index in [9.17, 15) is 14.4 Å². The van der Waals surface area contributed by atoms with Crippen LogP contribution < -0.4 is 0 Å². The largest absolute Gasteiger partial charge is 0.462 e. The van der Waals surface area contributed by atoms with E-state index in [4.69, 9.17) is 14.2 Å². The lowest BCUT2D eigenvalue weighted by molar-refractivity contribution is -0.167. The van der Waals surface area contributed by atoms with Crippen LogP contribution in [0.4, 0.5) is 0 Å². The van der Waals surface area contributed by atoms with Crippen LogP contribution in [-0.2, 0) is 28.6 Å². The number of carbonyl (C=O) groups excluding carboxylic acids is 3. The summed E-state index contributed by atoms with van der Waals surface area (Å²) in [5, 5.41) is 0. The lowest BCUT2D eigenvalue weighted by Crippen LogP contribution is -2.30. The molecule has 456 valence electrons. The van der Waals surface area contributed by atoms with Gasteiger partial charge in [0.1, 0.15) is 13.2 Å². The molecular formula is C74H124O6. The topological polar surface area (TPSA) is 78.9 Å². The summed E-state index contributed by atoms with van der Waals surface area (Å²) >= 11 is 0. The Labute approximate surface area is 494 Å². The van der Waals surface area contributed by atoms with Gasteiger partial charge in [-0.1, -0.05) is 316 Å². The average Bonchev–Trinajstić information content (AvgIpc) is 3.46. The highest BCUT2D eigenvalue weighted by atomic mass is 16.6. The first-order valence-electron chi connectivity index (χ1n) is 33.5. The minimum absolute atomic E-state index is 0.0829. The molecule has 80 heavy (non-hydrogen) atoms. The number of ether oxygens (including phenoxy) is 3. The van der Waals surface area contributed by atoms with E-state index in [0.29, 0.717) is 19.3 Å². The molecule has 0 heterocycles. The number of esters is 3. The van der Waals surface area contributed by atoms with Gasteiger partial charge in [-0.2, -0.15) is 0 Å². The van der Waals surface area contributed by atoms with Gasteiger partial charge < -0.3 is 14.2 Å². The molecule has 0 bridgehead atoms. The molecule has 0 saturated heterocycles. The van der Waals surface area contributed by atoms with Crippen LogP contribution >= 0.6 is 0 Å². The molecule has 0 amide bonds. The van der Waals surface area contributed by atoms with Gasteiger partial charge in [-0.15, -0.1) is 0 Å². The van der Waals surface area contributed by atoms with E-state index in [1.807, 2.05) is 0 Å². The van der Waals surface area contributed by atoms with Crippen molar-refractivity contribution < 1.29 is 28.6 Å². The van der Waals surface area contributed by atoms with E-state index >= 15 is 0 Å². The first kappa shape index (κ1) is 75.8. The Morgan fingerprint density at radius 1 is 0.263 bits per heavy atom. The van der Waals surface area contributed by atoms with Crippen LogP contribution in [0.1, 0.15) is 310 Å². The van der Waals surface area contributed by atoms with E-state index in [0.717, 1.165) is 135 Å². The molecular weight excluding hydrogens is 985 g/mol. The van der Waals surface area contributed by atoms with E-state index < -0.39 is 6.10 Å². The lowest BCUT2D eigenvalue weighted by atomic mass is 10.0. The summed E-state index contributed by atoms with van der Waals surface area (Å²) in [5.41, 5.74) is 0. The molecule has 0 saturated carbocycles. The van der Waals surface area contributed by atoms with Crippen LogP contribution in [0.3, 0.4) is 0 Å². The summed E-state index contributed by atoms with van der Waals surface area (Å²) < 4.78 is 16.9. The first-order valence-corrected chi connectivity index (χ1v) is 33.5. The van der Waals surface area contributed by atoms with E-state index in [1.54, 1.807) is 0 Å². The Bertz CT molecular complexity index is 1650. The van der Waals surface area contributed by atoms with Crippen molar-refractivity contribution in [3.8, 4) is 0 Å². The predicted octanol–water partition coefficient (Wildman–Crippen LogP) is 23.2. The average molecular weight is 1110 g/mol. The van der Waals surface area contributed by atoms with E-state index in [1.165, 1.54) is 135 Å². The summed E-state index contributed by atoms with van der Waals surface area (Å²) in [6.07, 6.45) is 93.6. The standard InChI is InChI=1S/C74H124O6/c1-4-7-10-13-16-19-22-25-27-28-29-30-31-32-33-34-35-36-37-38-39-40-41-42-43-44-45-46-48-49-52-55-58-61-64-67-73(76)79-70-71(69-78-72(75)66-63-60-57-54-51-24-21-18-15-12-9-6-3)80-74(77)68-65-62-59-56-53-50-47-26-23-20-17-14-11-8-5-2/h7,10,16,19,25,27,29-30,32-33,35-36,38-39,41-42,44-45,48-49,71H,4-6,8-9,11-15,17-18,20-24,26,28,31,34,37,40,43,46-47,50-70H2,1-3H3/b10-7-,19-16-,27-25-,30-29-,33-32-,36-35-,39-38-,42-41-,45-44-,49-48-. The van der Waals surface area contributed by atoms with Crippen LogP contribution in [0.2, 0.25) is 0 Å². The number of hydrogen-bond donors (Lipinski definition) is 0. The fourth-order valence-corrected chi connectivity index (χ4v) is 9.24. The Balaban J connectivity index is 4.28. The van der Waals surface area contributed by atoms with Crippen LogP contribution in [0.5, 0.6) is 0 Å². The molecule has 0 rings (SSSR count). The van der Waals surface area contributed by atoms with Crippen molar-refractivity contribution in [2.75, 3.05) is 13.2 Å². The van der Waals surface area contributed by atoms with E-state index in [2.05, 4.69) is 142 Å². The zero-order valence-electron chi connectivity index (χ0n) is 52.3. The van der Waals surface area contributed by atoms with Gasteiger partial charge in [-0.3, -0.25) is 14.4 Å². The molecule has 0 aliphatic rings. The van der Waals surface area contributed by atoms with Gasteiger partial charge >= 0.3 is 17.9 Å². The maximum absolute atomic E-state index is 12.9. The summed E-state index contributed by atoms with van der Waals surface area (Å²) in [6, 6.07) is 0. The Morgan fingerprint density at radius 2 is 0.487 bits per heavy atom. The van der Waals surface area contributed by atoms with Gasteiger partial charge in [0.25, 0.3) is 0 Å². The van der Waals surface area contributed by atoms with Gasteiger partial charge in [0.05, 0.1) is 0 Å². The van der Waals surface area contributed by atoms with Crippen LogP contribution in [0, 0.1) is 0 Å². The lowest BCUT2D eigenvalue weighted by Gasteiger charge is -2.18. The van der Waals surface area contributed by atoms with Gasteiger partial charge in [-0.05, 0) is 96.3 Å². The number of hydrogen-bond acceptors (Lipinski definition) is 6. The highest BCUT2D eigenvalue weighted by Gasteiger charge is 2.19. The predicted molar refractivity (Wildman–Crippen MR) is 348 cm³/mol. The monoisotopic (exact) mass is 1110 g/mol. The van der Waals surface area contributed by atoms with Gasteiger partial charge in [0.2, 0.25) is 0 Å². The molecule has 0 aliphatic carbocycles. The summed E-state index contributed by atoms with van der Waals surface area (Å²) in [5.74, 6) is -0.899. The normalized spacial score (nSPS) is 12.9. The van der Waals surface area contributed by atoms with Crippen molar-refractivity contribution in [2.24, 2.45) is 0 Å².